The average molecular weight is 625 g/mol. The van der Waals surface area contributed by atoms with E-state index in [0.29, 0.717) is 30.7 Å². The van der Waals surface area contributed by atoms with Crippen LogP contribution in [0, 0.1) is 0 Å². The molecule has 1 fully saturated rings. The first-order valence-electron chi connectivity index (χ1n) is 13.2. The minimum atomic E-state index is -0.390. The van der Waals surface area contributed by atoms with Crippen LogP contribution in [0.25, 0.3) is 22.4 Å². The molecule has 3 aromatic rings. The summed E-state index contributed by atoms with van der Waals surface area (Å²) in [7, 11) is 0. The molecule has 1 aliphatic carbocycles. The molecule has 3 aromatic heterocycles. The fourth-order valence-electron chi connectivity index (χ4n) is 3.81. The summed E-state index contributed by atoms with van der Waals surface area (Å²) in [5.74, 6) is 0.206. The molecule has 0 bridgehead atoms. The van der Waals surface area contributed by atoms with Crippen molar-refractivity contribution in [2.24, 2.45) is 0 Å². The number of nitrogens with zero attached hydrogens (tertiary/aromatic N) is 5. The number of nitrogens with one attached hydrogen (secondary N) is 1. The number of carbonyl (C=O) groups excluding carboxylic acids is 1. The smallest absolute Gasteiger partial charge is 0.407 e. The number of halogens is 1. The van der Waals surface area contributed by atoms with Gasteiger partial charge in [0.1, 0.15) is 22.6 Å². The van der Waals surface area contributed by atoms with Crippen molar-refractivity contribution in [3.05, 3.63) is 29.0 Å². The first kappa shape index (κ1) is 32.8. The van der Waals surface area contributed by atoms with Crippen molar-refractivity contribution < 1.29 is 14.3 Å². The van der Waals surface area contributed by atoms with Crippen LogP contribution in [-0.4, -0.2) is 61.6 Å². The van der Waals surface area contributed by atoms with Crippen LogP contribution in [0.3, 0.4) is 0 Å². The number of rotatable bonds is 6. The number of anilines is 1. The van der Waals surface area contributed by atoms with Crippen molar-refractivity contribution >= 4 is 50.8 Å². The van der Waals surface area contributed by atoms with Crippen LogP contribution in [0.15, 0.2) is 29.0 Å². The Balaban J connectivity index is 0.000000270. The Morgan fingerprint density at radius 3 is 2.51 bits per heavy atom. The van der Waals surface area contributed by atoms with Crippen LogP contribution in [-0.2, 0) is 16.2 Å². The largest absolute Gasteiger partial charge is 0.444 e. The van der Waals surface area contributed by atoms with Gasteiger partial charge < -0.3 is 20.5 Å². The summed E-state index contributed by atoms with van der Waals surface area (Å²) < 4.78 is 13.2. The fourth-order valence-corrected chi connectivity index (χ4v) is 4.15. The zero-order valence-electron chi connectivity index (χ0n) is 23.9. The second-order valence-electron chi connectivity index (χ2n) is 10.1. The number of thioether (sulfide) groups is 1. The monoisotopic (exact) mass is 623 g/mol. The van der Waals surface area contributed by atoms with Gasteiger partial charge in [-0.05, 0) is 80.6 Å². The minimum Gasteiger partial charge on any atom is -0.444 e. The number of aromatic nitrogens is 5. The molecule has 1 amide bonds. The Hall–Kier alpha value is -2.44. The number of alkyl carbamates (subject to hydrolysis) is 1. The maximum absolute atomic E-state index is 11.4. The van der Waals surface area contributed by atoms with Gasteiger partial charge in [-0.25, -0.2) is 19.4 Å². The lowest BCUT2D eigenvalue weighted by atomic mass is 9.96. The average Bonchev–Trinajstić information content (AvgIpc) is 3.22. The molecular weight excluding hydrogens is 582 g/mol. The molecule has 4 rings (SSSR count). The standard InChI is InChI=1S/C14H15BrN6O.C11H21NO2.C2H6S/c1-2-6-22-8-21-13-9(7-17-14(16)19-13)12(20-21)10-4-3-5-11(15)18-10;1-11(2,3)14-10(13)12-9-7-5-4-6-8-9;1-3-2/h3-5,7H,2,6,8H2,1H3,(H2,16,17,19);9H,4-8H2,1-3H3,(H,12,13);1-2H3. The Labute approximate surface area is 244 Å². The second kappa shape index (κ2) is 16.6. The zero-order valence-corrected chi connectivity index (χ0v) is 26.3. The summed E-state index contributed by atoms with van der Waals surface area (Å²) in [6.45, 7) is 8.67. The van der Waals surface area contributed by atoms with Gasteiger partial charge in [0.2, 0.25) is 5.95 Å². The molecule has 0 saturated heterocycles. The zero-order chi connectivity index (χ0) is 28.8. The third kappa shape index (κ3) is 11.7. The Kier molecular flexibility index (Phi) is 14.0. The predicted molar refractivity (Wildman–Crippen MR) is 163 cm³/mol. The third-order valence-electron chi connectivity index (χ3n) is 5.35. The van der Waals surface area contributed by atoms with E-state index in [2.05, 4.69) is 48.2 Å². The van der Waals surface area contributed by atoms with Crippen LogP contribution in [0.4, 0.5) is 10.7 Å². The molecule has 39 heavy (non-hydrogen) atoms. The topological polar surface area (TPSA) is 130 Å². The lowest BCUT2D eigenvalue weighted by Crippen LogP contribution is -2.39. The molecule has 216 valence electrons. The van der Waals surface area contributed by atoms with Gasteiger partial charge in [-0.1, -0.05) is 32.3 Å². The van der Waals surface area contributed by atoms with E-state index in [1.807, 2.05) is 51.5 Å². The van der Waals surface area contributed by atoms with Gasteiger partial charge in [-0.15, -0.1) is 0 Å². The predicted octanol–water partition coefficient (Wildman–Crippen LogP) is 6.44. The van der Waals surface area contributed by atoms with Gasteiger partial charge in [0.15, 0.2) is 5.65 Å². The maximum atomic E-state index is 11.4. The summed E-state index contributed by atoms with van der Waals surface area (Å²) in [6.07, 6.45) is 12.4. The molecular formula is C27H42BrN7O3S. The summed E-state index contributed by atoms with van der Waals surface area (Å²) in [5, 5.41) is 8.27. The van der Waals surface area contributed by atoms with Gasteiger partial charge in [0, 0.05) is 18.8 Å². The maximum Gasteiger partial charge on any atom is 0.407 e. The number of nitrogens with two attached hydrogens (primary N) is 1. The van der Waals surface area contributed by atoms with E-state index >= 15 is 0 Å². The lowest BCUT2D eigenvalue weighted by molar-refractivity contribution is 0.0493. The number of fused-ring (bicyclic) bond motifs is 1. The van der Waals surface area contributed by atoms with E-state index in [1.54, 1.807) is 22.6 Å². The molecule has 3 heterocycles. The van der Waals surface area contributed by atoms with Crippen LogP contribution >= 0.6 is 27.7 Å². The minimum absolute atomic E-state index is 0.206. The molecule has 1 aliphatic rings. The van der Waals surface area contributed by atoms with Gasteiger partial charge in [0.25, 0.3) is 0 Å². The van der Waals surface area contributed by atoms with Crippen molar-refractivity contribution in [2.75, 3.05) is 24.9 Å². The van der Waals surface area contributed by atoms with Crippen LogP contribution in [0.5, 0.6) is 0 Å². The van der Waals surface area contributed by atoms with Gasteiger partial charge in [-0.2, -0.15) is 21.8 Å². The van der Waals surface area contributed by atoms with Crippen LogP contribution < -0.4 is 11.1 Å². The van der Waals surface area contributed by atoms with Gasteiger partial charge >= 0.3 is 6.09 Å². The normalized spacial score (nSPS) is 13.6. The number of ether oxygens (including phenoxy) is 2. The van der Waals surface area contributed by atoms with E-state index < -0.39 is 5.60 Å². The highest BCUT2D eigenvalue weighted by atomic mass is 79.9. The third-order valence-corrected chi connectivity index (χ3v) is 5.80. The molecule has 0 radical (unpaired) electrons. The van der Waals surface area contributed by atoms with Crippen molar-refractivity contribution in [1.29, 1.82) is 0 Å². The van der Waals surface area contributed by atoms with Crippen LogP contribution in [0.1, 0.15) is 66.2 Å². The Morgan fingerprint density at radius 2 is 1.90 bits per heavy atom. The summed E-state index contributed by atoms with van der Waals surface area (Å²) in [4.78, 5) is 24.2. The number of hydrogen-bond acceptors (Lipinski definition) is 9. The Bertz CT molecular complexity index is 1160. The van der Waals surface area contributed by atoms with Crippen molar-refractivity contribution in [2.45, 2.75) is 84.6 Å². The van der Waals surface area contributed by atoms with Gasteiger partial charge in [0.05, 0.1) is 11.1 Å². The van der Waals surface area contributed by atoms with Crippen LogP contribution in [0.2, 0.25) is 0 Å². The van der Waals surface area contributed by atoms with Crippen molar-refractivity contribution in [3.8, 4) is 11.4 Å². The molecule has 0 unspecified atom stereocenters. The second-order valence-corrected chi connectivity index (χ2v) is 11.7. The summed E-state index contributed by atoms with van der Waals surface area (Å²) in [6, 6.07) is 5.99. The molecule has 10 nitrogen and oxygen atoms in total. The summed E-state index contributed by atoms with van der Waals surface area (Å²) in [5.41, 5.74) is 7.38. The van der Waals surface area contributed by atoms with E-state index in [4.69, 9.17) is 15.2 Å². The highest BCUT2D eigenvalue weighted by Crippen LogP contribution is 2.26. The molecule has 0 atom stereocenters. The molecule has 0 spiro atoms. The molecule has 3 N–H and O–H groups in total. The first-order chi connectivity index (χ1) is 18.6. The fraction of sp³-hybridized carbons (Fsp3) is 0.593. The summed E-state index contributed by atoms with van der Waals surface area (Å²) >= 11 is 5.12. The van der Waals surface area contributed by atoms with Gasteiger partial charge in [-0.3, -0.25) is 0 Å². The van der Waals surface area contributed by atoms with E-state index in [9.17, 15) is 4.79 Å². The highest BCUT2D eigenvalue weighted by Gasteiger charge is 2.20. The van der Waals surface area contributed by atoms with Crippen molar-refractivity contribution in [3.63, 3.8) is 0 Å². The number of nitrogen functional groups attached to an aromatic ring is 1. The van der Waals surface area contributed by atoms with E-state index in [-0.39, 0.29) is 12.0 Å². The number of pyridine rings is 1. The molecule has 0 aromatic carbocycles. The van der Waals surface area contributed by atoms with E-state index in [0.717, 1.165) is 34.9 Å². The van der Waals surface area contributed by atoms with Crippen molar-refractivity contribution in [1.82, 2.24) is 30.0 Å². The number of hydrogen-bond donors (Lipinski definition) is 2. The first-order valence-corrected chi connectivity index (χ1v) is 15.6. The lowest BCUT2D eigenvalue weighted by Gasteiger charge is -2.25. The molecule has 0 aliphatic heterocycles. The quantitative estimate of drug-likeness (QED) is 0.235. The number of amides is 1. The highest BCUT2D eigenvalue weighted by molar-refractivity contribution is 9.10. The molecule has 12 heteroatoms. The SMILES string of the molecule is CC(C)(C)OC(=O)NC1CCCCC1.CCCOCn1nc(-c2cccc(Br)n2)c2cnc(N)nc21.CSC. The van der Waals surface area contributed by atoms with E-state index in [1.165, 1.54) is 19.3 Å². The molecule has 1 saturated carbocycles. The Morgan fingerprint density at radius 1 is 1.21 bits per heavy atom. The number of carbonyl (C=O) groups is 1.